The number of hydrogen-bond donors (Lipinski definition) is 0. The molecule has 0 radical (unpaired) electrons. The number of carbonyl (C=O) groups is 1. The van der Waals surface area contributed by atoms with Gasteiger partial charge >= 0.3 is 0 Å². The number of nitrogens with zero attached hydrogens (tertiary/aromatic N) is 3. The van der Waals surface area contributed by atoms with Crippen molar-refractivity contribution in [1.29, 1.82) is 0 Å². The molecule has 2 aromatic rings. The number of aliphatic imine (C=N–C) groups is 1. The van der Waals surface area contributed by atoms with E-state index in [1.54, 1.807) is 25.5 Å². The van der Waals surface area contributed by atoms with Gasteiger partial charge in [0.05, 0.1) is 24.0 Å². The zero-order chi connectivity index (χ0) is 18.5. The molecule has 5 nitrogen and oxygen atoms in total. The topological polar surface area (TPSA) is 54.8 Å². The SMILES string of the molecule is CCN(CC)CC1=CC(=Nc2cc(OC)cc3cccnc23)C=CC1=O. The second-order valence-electron chi connectivity index (χ2n) is 6.09. The molecule has 0 bridgehead atoms. The summed E-state index contributed by atoms with van der Waals surface area (Å²) in [7, 11) is 1.63. The maximum atomic E-state index is 12.2. The van der Waals surface area contributed by atoms with Crippen molar-refractivity contribution in [1.82, 2.24) is 9.88 Å². The largest absolute Gasteiger partial charge is 0.497 e. The maximum absolute atomic E-state index is 12.2. The van der Waals surface area contributed by atoms with E-state index in [0.717, 1.165) is 46.7 Å². The molecular weight excluding hydrogens is 326 g/mol. The Kier molecular flexibility index (Phi) is 5.58. The molecule has 1 aliphatic rings. The number of rotatable bonds is 6. The molecule has 134 valence electrons. The zero-order valence-electron chi connectivity index (χ0n) is 15.4. The van der Waals surface area contributed by atoms with Crippen molar-refractivity contribution in [2.45, 2.75) is 13.8 Å². The number of benzene rings is 1. The third kappa shape index (κ3) is 3.89. The Morgan fingerprint density at radius 1 is 1.19 bits per heavy atom. The fourth-order valence-electron chi connectivity index (χ4n) is 2.94. The van der Waals surface area contributed by atoms with Crippen LogP contribution in [0.4, 0.5) is 5.69 Å². The lowest BCUT2D eigenvalue weighted by atomic mass is 10.0. The lowest BCUT2D eigenvalue weighted by Gasteiger charge is -2.20. The number of methoxy groups -OCH3 is 1. The predicted octanol–water partition coefficient (Wildman–Crippen LogP) is 3.72. The summed E-state index contributed by atoms with van der Waals surface area (Å²) in [6.45, 7) is 6.63. The number of carbonyl (C=O) groups excluding carboxylic acids is 1. The minimum absolute atomic E-state index is 0.0458. The van der Waals surface area contributed by atoms with Gasteiger partial charge in [-0.25, -0.2) is 4.99 Å². The van der Waals surface area contributed by atoms with Crippen LogP contribution >= 0.6 is 0 Å². The Morgan fingerprint density at radius 2 is 2.00 bits per heavy atom. The van der Waals surface area contributed by atoms with Crippen LogP contribution in [-0.2, 0) is 4.79 Å². The van der Waals surface area contributed by atoms with E-state index in [1.165, 1.54) is 0 Å². The van der Waals surface area contributed by atoms with E-state index in [4.69, 9.17) is 9.73 Å². The van der Waals surface area contributed by atoms with Crippen LogP contribution in [0.1, 0.15) is 13.8 Å². The Hall–Kier alpha value is -2.79. The van der Waals surface area contributed by atoms with E-state index in [-0.39, 0.29) is 5.78 Å². The average molecular weight is 349 g/mol. The summed E-state index contributed by atoms with van der Waals surface area (Å²) in [6, 6.07) is 7.68. The van der Waals surface area contributed by atoms with Gasteiger partial charge < -0.3 is 4.74 Å². The Balaban J connectivity index is 2.01. The molecule has 1 heterocycles. The minimum atomic E-state index is 0.0458. The van der Waals surface area contributed by atoms with E-state index >= 15 is 0 Å². The van der Waals surface area contributed by atoms with Crippen molar-refractivity contribution in [3.8, 4) is 5.75 Å². The standard InChI is InChI=1S/C21H23N3O2/c1-4-24(5-2)14-16-11-17(8-9-20(16)25)23-19-13-18(26-3)12-15-7-6-10-22-21(15)19/h6-13H,4-5,14H2,1-3H3. The molecule has 0 saturated heterocycles. The number of ether oxygens (including phenoxy) is 1. The van der Waals surface area contributed by atoms with E-state index in [0.29, 0.717) is 6.54 Å². The van der Waals surface area contributed by atoms with Gasteiger partial charge in [-0.1, -0.05) is 19.9 Å². The van der Waals surface area contributed by atoms with Gasteiger partial charge in [0.25, 0.3) is 0 Å². The predicted molar refractivity (Wildman–Crippen MR) is 105 cm³/mol. The van der Waals surface area contributed by atoms with Crippen LogP contribution in [0, 0.1) is 0 Å². The van der Waals surface area contributed by atoms with Crippen LogP contribution < -0.4 is 4.74 Å². The summed E-state index contributed by atoms with van der Waals surface area (Å²) >= 11 is 0. The highest BCUT2D eigenvalue weighted by Crippen LogP contribution is 2.30. The summed E-state index contributed by atoms with van der Waals surface area (Å²) in [6.07, 6.45) is 6.96. The van der Waals surface area contributed by atoms with Gasteiger partial charge in [-0.05, 0) is 43.5 Å². The molecule has 0 N–H and O–H groups in total. The lowest BCUT2D eigenvalue weighted by molar-refractivity contribution is -0.111. The number of pyridine rings is 1. The molecule has 26 heavy (non-hydrogen) atoms. The first-order valence-corrected chi connectivity index (χ1v) is 8.81. The molecule has 0 atom stereocenters. The molecule has 0 spiro atoms. The van der Waals surface area contributed by atoms with Crippen LogP contribution in [0.25, 0.3) is 10.9 Å². The van der Waals surface area contributed by atoms with Crippen molar-refractivity contribution < 1.29 is 9.53 Å². The van der Waals surface area contributed by atoms with Gasteiger partial charge in [0, 0.05) is 29.8 Å². The Morgan fingerprint density at radius 3 is 2.73 bits per heavy atom. The molecule has 0 amide bonds. The van der Waals surface area contributed by atoms with E-state index in [9.17, 15) is 4.79 Å². The van der Waals surface area contributed by atoms with Crippen molar-refractivity contribution >= 4 is 28.1 Å². The summed E-state index contributed by atoms with van der Waals surface area (Å²) in [5.74, 6) is 0.775. The molecule has 0 fully saturated rings. The van der Waals surface area contributed by atoms with Crippen LogP contribution in [0.2, 0.25) is 0 Å². The lowest BCUT2D eigenvalue weighted by Crippen LogP contribution is -2.28. The molecule has 1 aliphatic carbocycles. The first kappa shape index (κ1) is 18.0. The van der Waals surface area contributed by atoms with Crippen LogP contribution in [0.15, 0.2) is 59.3 Å². The summed E-state index contributed by atoms with van der Waals surface area (Å²) < 4.78 is 5.38. The zero-order valence-corrected chi connectivity index (χ0v) is 15.4. The number of hydrogen-bond acceptors (Lipinski definition) is 5. The highest BCUT2D eigenvalue weighted by molar-refractivity contribution is 6.20. The summed E-state index contributed by atoms with van der Waals surface area (Å²) in [4.78, 5) is 23.6. The molecule has 0 aliphatic heterocycles. The second kappa shape index (κ2) is 8.06. The highest BCUT2D eigenvalue weighted by Gasteiger charge is 2.15. The van der Waals surface area contributed by atoms with Crippen molar-refractivity contribution in [2.24, 2.45) is 4.99 Å². The quantitative estimate of drug-likeness (QED) is 0.746. The monoisotopic (exact) mass is 349 g/mol. The maximum Gasteiger partial charge on any atom is 0.183 e. The highest BCUT2D eigenvalue weighted by atomic mass is 16.5. The van der Waals surface area contributed by atoms with Crippen LogP contribution in [0.3, 0.4) is 0 Å². The molecule has 0 saturated carbocycles. The third-order valence-corrected chi connectivity index (χ3v) is 4.48. The normalized spacial score (nSPS) is 15.8. The number of ketones is 1. The van der Waals surface area contributed by atoms with E-state index in [2.05, 4.69) is 23.7 Å². The van der Waals surface area contributed by atoms with E-state index < -0.39 is 0 Å². The fraction of sp³-hybridized carbons (Fsp3) is 0.286. The number of aromatic nitrogens is 1. The van der Waals surface area contributed by atoms with Gasteiger partial charge in [-0.2, -0.15) is 0 Å². The number of fused-ring (bicyclic) bond motifs is 1. The van der Waals surface area contributed by atoms with Gasteiger partial charge in [-0.15, -0.1) is 0 Å². The molecular formula is C21H23N3O2. The van der Waals surface area contributed by atoms with Crippen LogP contribution in [0.5, 0.6) is 5.75 Å². The van der Waals surface area contributed by atoms with E-state index in [1.807, 2.05) is 30.3 Å². The van der Waals surface area contributed by atoms with Crippen molar-refractivity contribution in [3.05, 3.63) is 54.3 Å². The fourth-order valence-corrected chi connectivity index (χ4v) is 2.94. The van der Waals surface area contributed by atoms with Gasteiger partial charge in [0.15, 0.2) is 5.78 Å². The minimum Gasteiger partial charge on any atom is -0.497 e. The first-order valence-electron chi connectivity index (χ1n) is 8.81. The smallest absolute Gasteiger partial charge is 0.183 e. The number of allylic oxidation sites excluding steroid dienone is 3. The molecule has 1 aromatic carbocycles. The summed E-state index contributed by atoms with van der Waals surface area (Å²) in [5.41, 5.74) is 3.04. The van der Waals surface area contributed by atoms with Crippen molar-refractivity contribution in [2.75, 3.05) is 26.7 Å². The number of likely N-dealkylation sites (N-methyl/N-ethyl adjacent to an activating group) is 1. The van der Waals surface area contributed by atoms with Crippen molar-refractivity contribution in [3.63, 3.8) is 0 Å². The van der Waals surface area contributed by atoms with Gasteiger partial charge in [0.2, 0.25) is 0 Å². The first-order chi connectivity index (χ1) is 12.6. The Bertz CT molecular complexity index is 909. The molecule has 3 rings (SSSR count). The summed E-state index contributed by atoms with van der Waals surface area (Å²) in [5, 5.41) is 0.967. The van der Waals surface area contributed by atoms with Gasteiger partial charge in [0.1, 0.15) is 5.75 Å². The third-order valence-electron chi connectivity index (χ3n) is 4.48. The van der Waals surface area contributed by atoms with Crippen LogP contribution in [-0.4, -0.2) is 48.1 Å². The molecule has 1 aromatic heterocycles. The molecule has 5 heteroatoms. The Labute approximate surface area is 153 Å². The second-order valence-corrected chi connectivity index (χ2v) is 6.09. The molecule has 0 unspecified atom stereocenters. The van der Waals surface area contributed by atoms with Gasteiger partial charge in [-0.3, -0.25) is 14.7 Å². The average Bonchev–Trinajstić information content (AvgIpc) is 2.68.